The number of halogens is 1. The van der Waals surface area contributed by atoms with E-state index in [1.165, 1.54) is 23.5 Å². The van der Waals surface area contributed by atoms with Crippen molar-refractivity contribution in [3.63, 3.8) is 0 Å². The highest BCUT2D eigenvalue weighted by Crippen LogP contribution is 2.30. The third-order valence-corrected chi connectivity index (χ3v) is 5.74. The Labute approximate surface area is 128 Å². The number of rotatable bonds is 5. The van der Waals surface area contributed by atoms with Crippen LogP contribution >= 0.6 is 11.6 Å². The second-order valence-corrected chi connectivity index (χ2v) is 7.68. The minimum Gasteiger partial charge on any atom is -0.478 e. The molecule has 1 aliphatic carbocycles. The Hall–Kier alpha value is -1.15. The molecular formula is C13H16ClNO5S. The number of nitrogens with zero attached hydrogens (tertiary/aromatic N) is 1. The first-order valence-corrected chi connectivity index (χ1v) is 8.21. The van der Waals surface area contributed by atoms with Gasteiger partial charge in [0.2, 0.25) is 10.0 Å². The molecule has 0 heterocycles. The number of sulfonamides is 1. The number of aliphatic hydroxyl groups excluding tert-OH is 1. The van der Waals surface area contributed by atoms with E-state index >= 15 is 0 Å². The SMILES string of the molecule is CN(CC1CC(O)C1)S(=O)(=O)c1ccc(C(=O)O)c(Cl)c1. The van der Waals surface area contributed by atoms with Crippen LogP contribution in [0.15, 0.2) is 23.1 Å². The van der Waals surface area contributed by atoms with E-state index < -0.39 is 16.0 Å². The molecule has 0 radical (unpaired) electrons. The molecule has 21 heavy (non-hydrogen) atoms. The van der Waals surface area contributed by atoms with Gasteiger partial charge in [-0.2, -0.15) is 0 Å². The van der Waals surface area contributed by atoms with Crippen LogP contribution in [0, 0.1) is 5.92 Å². The molecule has 0 spiro atoms. The van der Waals surface area contributed by atoms with E-state index in [2.05, 4.69) is 0 Å². The summed E-state index contributed by atoms with van der Waals surface area (Å²) in [6.07, 6.45) is 0.854. The summed E-state index contributed by atoms with van der Waals surface area (Å²) >= 11 is 5.80. The lowest BCUT2D eigenvalue weighted by Gasteiger charge is -2.34. The van der Waals surface area contributed by atoms with Crippen LogP contribution in [0.3, 0.4) is 0 Å². The first-order valence-electron chi connectivity index (χ1n) is 6.39. The van der Waals surface area contributed by atoms with Crippen molar-refractivity contribution in [2.75, 3.05) is 13.6 Å². The van der Waals surface area contributed by atoms with E-state index in [4.69, 9.17) is 16.7 Å². The van der Waals surface area contributed by atoms with Gasteiger partial charge >= 0.3 is 5.97 Å². The fourth-order valence-electron chi connectivity index (χ4n) is 2.32. The molecular weight excluding hydrogens is 318 g/mol. The monoisotopic (exact) mass is 333 g/mol. The van der Waals surface area contributed by atoms with Gasteiger partial charge in [0.05, 0.1) is 21.6 Å². The Balaban J connectivity index is 2.18. The highest BCUT2D eigenvalue weighted by molar-refractivity contribution is 7.89. The van der Waals surface area contributed by atoms with Gasteiger partial charge in [0.1, 0.15) is 0 Å². The Morgan fingerprint density at radius 1 is 1.43 bits per heavy atom. The number of benzene rings is 1. The van der Waals surface area contributed by atoms with Gasteiger partial charge in [-0.25, -0.2) is 17.5 Å². The third kappa shape index (κ3) is 3.37. The average Bonchev–Trinajstić information content (AvgIpc) is 2.36. The summed E-state index contributed by atoms with van der Waals surface area (Å²) < 4.78 is 26.0. The van der Waals surface area contributed by atoms with Crippen LogP contribution in [0.4, 0.5) is 0 Å². The summed E-state index contributed by atoms with van der Waals surface area (Å²) in [5, 5.41) is 18.0. The number of aliphatic hydroxyl groups is 1. The van der Waals surface area contributed by atoms with Crippen molar-refractivity contribution in [1.29, 1.82) is 0 Å². The van der Waals surface area contributed by atoms with Crippen molar-refractivity contribution in [3.05, 3.63) is 28.8 Å². The lowest BCUT2D eigenvalue weighted by molar-refractivity contribution is 0.0367. The molecule has 0 unspecified atom stereocenters. The smallest absolute Gasteiger partial charge is 0.337 e. The van der Waals surface area contributed by atoms with E-state index in [0.29, 0.717) is 19.4 Å². The predicted molar refractivity (Wildman–Crippen MR) is 77.0 cm³/mol. The van der Waals surface area contributed by atoms with E-state index in [-0.39, 0.29) is 27.5 Å². The minimum absolute atomic E-state index is 0.0418. The second kappa shape index (κ2) is 5.92. The molecule has 2 rings (SSSR count). The Morgan fingerprint density at radius 3 is 2.52 bits per heavy atom. The highest BCUT2D eigenvalue weighted by Gasteiger charge is 2.32. The van der Waals surface area contributed by atoms with Crippen molar-refractivity contribution in [1.82, 2.24) is 4.31 Å². The zero-order valence-electron chi connectivity index (χ0n) is 11.4. The van der Waals surface area contributed by atoms with Crippen molar-refractivity contribution in [3.8, 4) is 0 Å². The normalized spacial score (nSPS) is 22.1. The summed E-state index contributed by atoms with van der Waals surface area (Å²) in [7, 11) is -2.26. The maximum atomic E-state index is 12.4. The van der Waals surface area contributed by atoms with Crippen LogP contribution < -0.4 is 0 Å². The van der Waals surface area contributed by atoms with Gasteiger partial charge in [-0.3, -0.25) is 0 Å². The topological polar surface area (TPSA) is 94.9 Å². The number of aromatic carboxylic acids is 1. The van der Waals surface area contributed by atoms with E-state index in [1.54, 1.807) is 0 Å². The minimum atomic E-state index is -3.72. The number of hydrogen-bond acceptors (Lipinski definition) is 4. The van der Waals surface area contributed by atoms with Crippen molar-refractivity contribution in [2.45, 2.75) is 23.8 Å². The van der Waals surface area contributed by atoms with Crippen LogP contribution in [0.5, 0.6) is 0 Å². The molecule has 0 aromatic heterocycles. The molecule has 1 aromatic carbocycles. The van der Waals surface area contributed by atoms with Gasteiger partial charge in [0.15, 0.2) is 0 Å². The van der Waals surface area contributed by atoms with Gasteiger partial charge in [0.25, 0.3) is 0 Å². The third-order valence-electron chi connectivity index (χ3n) is 3.61. The molecule has 2 N–H and O–H groups in total. The fourth-order valence-corrected chi connectivity index (χ4v) is 3.92. The van der Waals surface area contributed by atoms with Crippen molar-refractivity contribution in [2.24, 2.45) is 5.92 Å². The molecule has 0 aliphatic heterocycles. The molecule has 6 nitrogen and oxygen atoms in total. The standard InChI is InChI=1S/C13H16ClNO5S/c1-15(7-8-4-9(16)5-8)21(19,20)10-2-3-11(13(17)18)12(14)6-10/h2-3,6,8-9,16H,4-5,7H2,1H3,(H,17,18). The first kappa shape index (κ1) is 16.2. The summed E-state index contributed by atoms with van der Waals surface area (Å²) in [5.41, 5.74) is -0.139. The van der Waals surface area contributed by atoms with E-state index in [9.17, 15) is 18.3 Å². The maximum absolute atomic E-state index is 12.4. The molecule has 1 aromatic rings. The zero-order chi connectivity index (χ0) is 15.8. The molecule has 0 bridgehead atoms. The van der Waals surface area contributed by atoms with Crippen LogP contribution in [-0.2, 0) is 10.0 Å². The molecule has 116 valence electrons. The maximum Gasteiger partial charge on any atom is 0.337 e. The van der Waals surface area contributed by atoms with Crippen LogP contribution in [0.25, 0.3) is 0 Å². The number of carbonyl (C=O) groups is 1. The van der Waals surface area contributed by atoms with E-state index in [0.717, 1.165) is 6.07 Å². The average molecular weight is 334 g/mol. The fraction of sp³-hybridized carbons (Fsp3) is 0.462. The molecule has 8 heteroatoms. The summed E-state index contributed by atoms with van der Waals surface area (Å²) in [4.78, 5) is 10.8. The first-order chi connectivity index (χ1) is 9.71. The Bertz CT molecular complexity index is 655. The van der Waals surface area contributed by atoms with Crippen LogP contribution in [0.1, 0.15) is 23.2 Å². The quantitative estimate of drug-likeness (QED) is 0.850. The van der Waals surface area contributed by atoms with Gasteiger partial charge in [-0.1, -0.05) is 11.6 Å². The van der Waals surface area contributed by atoms with Crippen molar-refractivity contribution < 1.29 is 23.4 Å². The number of carboxylic acid groups (broad SMARTS) is 1. The molecule has 1 saturated carbocycles. The van der Waals surface area contributed by atoms with Gasteiger partial charge in [-0.05, 0) is 37.0 Å². The molecule has 0 saturated heterocycles. The summed E-state index contributed by atoms with van der Waals surface area (Å²) in [5.74, 6) is -1.06. The summed E-state index contributed by atoms with van der Waals surface area (Å²) in [6.45, 7) is 0.317. The second-order valence-electron chi connectivity index (χ2n) is 5.22. The number of carboxylic acids is 1. The zero-order valence-corrected chi connectivity index (χ0v) is 12.9. The Kier molecular flexibility index (Phi) is 4.57. The molecule has 0 atom stereocenters. The largest absolute Gasteiger partial charge is 0.478 e. The molecule has 0 amide bonds. The molecule has 1 fully saturated rings. The summed E-state index contributed by atoms with van der Waals surface area (Å²) in [6, 6.07) is 3.56. The lowest BCUT2D eigenvalue weighted by atomic mass is 9.82. The lowest BCUT2D eigenvalue weighted by Crippen LogP contribution is -2.39. The van der Waals surface area contributed by atoms with Gasteiger partial charge in [-0.15, -0.1) is 0 Å². The van der Waals surface area contributed by atoms with Crippen LogP contribution in [0.2, 0.25) is 5.02 Å². The van der Waals surface area contributed by atoms with Gasteiger partial charge in [0, 0.05) is 13.6 Å². The predicted octanol–water partition coefficient (Wildman–Crippen LogP) is 1.43. The van der Waals surface area contributed by atoms with Crippen molar-refractivity contribution >= 4 is 27.6 Å². The van der Waals surface area contributed by atoms with Crippen LogP contribution in [-0.4, -0.2) is 48.6 Å². The van der Waals surface area contributed by atoms with E-state index in [1.807, 2.05) is 0 Å². The Morgan fingerprint density at radius 2 is 2.05 bits per heavy atom. The molecule has 1 aliphatic rings. The number of hydrogen-bond donors (Lipinski definition) is 2. The van der Waals surface area contributed by atoms with Gasteiger partial charge < -0.3 is 10.2 Å². The highest BCUT2D eigenvalue weighted by atomic mass is 35.5.